The molecule has 7 heteroatoms. The zero-order chi connectivity index (χ0) is 24.1. The number of hydrogen-bond donors (Lipinski definition) is 2. The average Bonchev–Trinajstić information content (AvgIpc) is 3.34. The Bertz CT molecular complexity index is 999. The second kappa shape index (κ2) is 10.8. The SMILES string of the molecule is COC(=O)c1ccc(NC(=O)[C@H]2[C@@H](c3ccccc3)CCN2C(=O)C2CCC(CO)CC2)cc1. The number of aliphatic hydroxyl groups is 1. The van der Waals surface area contributed by atoms with E-state index in [-0.39, 0.29) is 36.2 Å². The predicted octanol–water partition coefficient (Wildman–Crippen LogP) is 3.60. The van der Waals surface area contributed by atoms with Crippen molar-refractivity contribution in [1.82, 2.24) is 4.90 Å². The lowest BCUT2D eigenvalue weighted by Crippen LogP contribution is -2.48. The fourth-order valence-electron chi connectivity index (χ4n) is 5.26. The number of benzene rings is 2. The van der Waals surface area contributed by atoms with Crippen LogP contribution in [0.4, 0.5) is 5.69 Å². The van der Waals surface area contributed by atoms with Gasteiger partial charge >= 0.3 is 5.97 Å². The molecule has 34 heavy (non-hydrogen) atoms. The number of anilines is 1. The Balaban J connectivity index is 1.54. The van der Waals surface area contributed by atoms with Gasteiger partial charge in [-0.3, -0.25) is 9.59 Å². The van der Waals surface area contributed by atoms with Gasteiger partial charge in [0.1, 0.15) is 6.04 Å². The molecule has 0 bridgehead atoms. The van der Waals surface area contributed by atoms with Gasteiger partial charge in [0.25, 0.3) is 0 Å². The zero-order valence-electron chi connectivity index (χ0n) is 19.5. The molecule has 180 valence electrons. The van der Waals surface area contributed by atoms with Crippen LogP contribution in [0.25, 0.3) is 0 Å². The molecule has 2 aromatic rings. The number of rotatable bonds is 6. The summed E-state index contributed by atoms with van der Waals surface area (Å²) in [4.78, 5) is 40.5. The first-order valence-electron chi connectivity index (χ1n) is 12.0. The standard InChI is InChI=1S/C27H32N2O5/c1-34-27(33)21-11-13-22(14-12-21)28-25(31)24-23(19-5-3-2-4-6-19)15-16-29(24)26(32)20-9-7-18(17-30)8-10-20/h2-6,11-14,18,20,23-24,30H,7-10,15-17H2,1H3,(H,28,31)/t18?,20?,23-,24-/m1/s1. The molecule has 2 fully saturated rings. The van der Waals surface area contributed by atoms with Gasteiger partial charge in [-0.2, -0.15) is 0 Å². The molecule has 2 aliphatic rings. The van der Waals surface area contributed by atoms with Crippen LogP contribution < -0.4 is 5.32 Å². The van der Waals surface area contributed by atoms with Crippen molar-refractivity contribution in [3.63, 3.8) is 0 Å². The van der Waals surface area contributed by atoms with E-state index in [1.807, 2.05) is 30.3 Å². The first kappa shape index (κ1) is 24.0. The molecule has 1 saturated heterocycles. The lowest BCUT2D eigenvalue weighted by Gasteiger charge is -2.33. The molecule has 0 aromatic heterocycles. The van der Waals surface area contributed by atoms with E-state index in [0.29, 0.717) is 17.8 Å². The minimum atomic E-state index is -0.606. The highest BCUT2D eigenvalue weighted by molar-refractivity contribution is 5.99. The van der Waals surface area contributed by atoms with Crippen LogP contribution in [-0.4, -0.2) is 54.1 Å². The van der Waals surface area contributed by atoms with E-state index >= 15 is 0 Å². The van der Waals surface area contributed by atoms with E-state index < -0.39 is 12.0 Å². The van der Waals surface area contributed by atoms with Crippen molar-refractivity contribution in [3.8, 4) is 0 Å². The van der Waals surface area contributed by atoms with E-state index in [4.69, 9.17) is 4.74 Å². The summed E-state index contributed by atoms with van der Waals surface area (Å²) in [5.74, 6) is -0.553. The molecule has 2 aromatic carbocycles. The number of esters is 1. The maximum absolute atomic E-state index is 13.5. The zero-order valence-corrected chi connectivity index (χ0v) is 19.5. The van der Waals surface area contributed by atoms with Gasteiger partial charge in [0.05, 0.1) is 12.7 Å². The molecule has 7 nitrogen and oxygen atoms in total. The molecule has 0 unspecified atom stereocenters. The van der Waals surface area contributed by atoms with Crippen molar-refractivity contribution in [2.45, 2.75) is 44.1 Å². The Morgan fingerprint density at radius 2 is 1.65 bits per heavy atom. The summed E-state index contributed by atoms with van der Waals surface area (Å²) in [5, 5.41) is 12.4. The van der Waals surface area contributed by atoms with Crippen molar-refractivity contribution < 1.29 is 24.2 Å². The van der Waals surface area contributed by atoms with Gasteiger partial charge in [0, 0.05) is 30.7 Å². The van der Waals surface area contributed by atoms with Crippen LogP contribution in [0.3, 0.4) is 0 Å². The number of methoxy groups -OCH3 is 1. The average molecular weight is 465 g/mol. The Kier molecular flexibility index (Phi) is 7.63. The Morgan fingerprint density at radius 3 is 2.26 bits per heavy atom. The van der Waals surface area contributed by atoms with Crippen LogP contribution in [0.15, 0.2) is 54.6 Å². The quantitative estimate of drug-likeness (QED) is 0.637. The van der Waals surface area contributed by atoms with Gasteiger partial charge in [-0.15, -0.1) is 0 Å². The largest absolute Gasteiger partial charge is 0.465 e. The number of carbonyl (C=O) groups excluding carboxylic acids is 3. The lowest BCUT2D eigenvalue weighted by atomic mass is 9.81. The smallest absolute Gasteiger partial charge is 0.337 e. The highest BCUT2D eigenvalue weighted by atomic mass is 16.5. The topological polar surface area (TPSA) is 95.9 Å². The van der Waals surface area contributed by atoms with E-state index in [1.165, 1.54) is 7.11 Å². The maximum atomic E-state index is 13.5. The molecule has 2 atom stereocenters. The number of likely N-dealkylation sites (tertiary alicyclic amines) is 1. The normalized spacial score (nSPS) is 24.5. The van der Waals surface area contributed by atoms with Crippen molar-refractivity contribution in [2.24, 2.45) is 11.8 Å². The Hall–Kier alpha value is -3.19. The number of hydrogen-bond acceptors (Lipinski definition) is 5. The molecular weight excluding hydrogens is 432 g/mol. The summed E-state index contributed by atoms with van der Waals surface area (Å²) in [7, 11) is 1.32. The van der Waals surface area contributed by atoms with E-state index in [2.05, 4.69) is 5.32 Å². The van der Waals surface area contributed by atoms with Crippen LogP contribution in [0.5, 0.6) is 0 Å². The van der Waals surface area contributed by atoms with Crippen LogP contribution in [-0.2, 0) is 14.3 Å². The van der Waals surface area contributed by atoms with Crippen LogP contribution in [0, 0.1) is 11.8 Å². The second-order valence-corrected chi connectivity index (χ2v) is 9.24. The molecule has 1 aliphatic carbocycles. The molecule has 1 saturated carbocycles. The highest BCUT2D eigenvalue weighted by Crippen LogP contribution is 2.37. The van der Waals surface area contributed by atoms with Gasteiger partial charge in [-0.25, -0.2) is 4.79 Å². The summed E-state index contributed by atoms with van der Waals surface area (Å²) in [5.41, 5.74) is 2.01. The van der Waals surface area contributed by atoms with Gasteiger partial charge in [-0.1, -0.05) is 30.3 Å². The lowest BCUT2D eigenvalue weighted by molar-refractivity contribution is -0.141. The number of ether oxygens (including phenoxy) is 1. The van der Waals surface area contributed by atoms with Crippen molar-refractivity contribution in [3.05, 3.63) is 65.7 Å². The first-order valence-corrected chi connectivity index (χ1v) is 12.0. The van der Waals surface area contributed by atoms with Crippen LogP contribution >= 0.6 is 0 Å². The third-order valence-corrected chi connectivity index (χ3v) is 7.21. The van der Waals surface area contributed by atoms with E-state index in [9.17, 15) is 19.5 Å². The number of carbonyl (C=O) groups is 3. The van der Waals surface area contributed by atoms with Gasteiger partial charge in [-0.05, 0) is 67.9 Å². The molecule has 1 heterocycles. The molecule has 1 aliphatic heterocycles. The van der Waals surface area contributed by atoms with Crippen molar-refractivity contribution in [2.75, 3.05) is 25.6 Å². The van der Waals surface area contributed by atoms with Gasteiger partial charge < -0.3 is 20.1 Å². The second-order valence-electron chi connectivity index (χ2n) is 9.24. The third-order valence-electron chi connectivity index (χ3n) is 7.21. The minimum Gasteiger partial charge on any atom is -0.465 e. The molecule has 0 spiro atoms. The fraction of sp³-hybridized carbons (Fsp3) is 0.444. The number of nitrogens with one attached hydrogen (secondary N) is 1. The maximum Gasteiger partial charge on any atom is 0.337 e. The van der Waals surface area contributed by atoms with Crippen molar-refractivity contribution in [1.29, 1.82) is 0 Å². The summed E-state index contributed by atoms with van der Waals surface area (Å²) < 4.78 is 4.73. The predicted molar refractivity (Wildman–Crippen MR) is 128 cm³/mol. The third kappa shape index (κ3) is 5.14. The Morgan fingerprint density at radius 1 is 0.971 bits per heavy atom. The summed E-state index contributed by atoms with van der Waals surface area (Å²) in [6, 6.07) is 15.8. The van der Waals surface area contributed by atoms with Gasteiger partial charge in [0.2, 0.25) is 11.8 Å². The summed E-state index contributed by atoms with van der Waals surface area (Å²) >= 11 is 0. The Labute approximate surface area is 200 Å². The van der Waals surface area contributed by atoms with Gasteiger partial charge in [0.15, 0.2) is 0 Å². The fourth-order valence-corrected chi connectivity index (χ4v) is 5.26. The number of amides is 2. The number of nitrogens with zero attached hydrogens (tertiary/aromatic N) is 1. The summed E-state index contributed by atoms with van der Waals surface area (Å²) in [6.07, 6.45) is 3.90. The van der Waals surface area contributed by atoms with E-state index in [0.717, 1.165) is 37.7 Å². The molecule has 2 amide bonds. The van der Waals surface area contributed by atoms with Crippen molar-refractivity contribution >= 4 is 23.5 Å². The van der Waals surface area contributed by atoms with E-state index in [1.54, 1.807) is 29.2 Å². The van der Waals surface area contributed by atoms with Crippen LogP contribution in [0.2, 0.25) is 0 Å². The van der Waals surface area contributed by atoms with Crippen LogP contribution in [0.1, 0.15) is 53.9 Å². The minimum absolute atomic E-state index is 0.0380. The highest BCUT2D eigenvalue weighted by Gasteiger charge is 2.44. The molecule has 0 radical (unpaired) electrons. The molecule has 4 rings (SSSR count). The summed E-state index contributed by atoms with van der Waals surface area (Å²) in [6.45, 7) is 0.707. The number of aliphatic hydroxyl groups excluding tert-OH is 1. The molecular formula is C27H32N2O5. The first-order chi connectivity index (χ1) is 16.5. The molecule has 2 N–H and O–H groups in total. The monoisotopic (exact) mass is 464 g/mol.